The third kappa shape index (κ3) is 4.55. The first-order chi connectivity index (χ1) is 13.9. The van der Waals surface area contributed by atoms with E-state index >= 15 is 0 Å². The minimum Gasteiger partial charge on any atom is -0.437 e. The first kappa shape index (κ1) is 20.1. The van der Waals surface area contributed by atoms with Gasteiger partial charge in [-0.25, -0.2) is 4.98 Å². The van der Waals surface area contributed by atoms with Crippen LogP contribution in [0.15, 0.2) is 28.7 Å². The largest absolute Gasteiger partial charge is 0.437 e. The van der Waals surface area contributed by atoms with E-state index in [0.717, 1.165) is 50.6 Å². The van der Waals surface area contributed by atoms with Crippen LogP contribution in [0.1, 0.15) is 73.3 Å². The van der Waals surface area contributed by atoms with Gasteiger partial charge in [0.2, 0.25) is 0 Å². The second kappa shape index (κ2) is 8.31. The van der Waals surface area contributed by atoms with Crippen molar-refractivity contribution in [1.82, 2.24) is 14.8 Å². The fourth-order valence-electron chi connectivity index (χ4n) is 4.71. The zero-order chi connectivity index (χ0) is 20.5. The maximum absolute atomic E-state index is 12.9. The van der Waals surface area contributed by atoms with E-state index < -0.39 is 0 Å². The minimum absolute atomic E-state index is 0.0476. The van der Waals surface area contributed by atoms with E-state index in [-0.39, 0.29) is 11.8 Å². The van der Waals surface area contributed by atoms with Gasteiger partial charge in [-0.05, 0) is 35.3 Å². The molecule has 2 aliphatic rings. The Kier molecular flexibility index (Phi) is 5.77. The molecule has 2 aliphatic heterocycles. The molecule has 29 heavy (non-hydrogen) atoms. The summed E-state index contributed by atoms with van der Waals surface area (Å²) in [5.41, 5.74) is 3.61. The summed E-state index contributed by atoms with van der Waals surface area (Å²) in [5.74, 6) is 2.74. The van der Waals surface area contributed by atoms with Crippen LogP contribution in [0.25, 0.3) is 0 Å². The quantitative estimate of drug-likeness (QED) is 0.766. The number of carbonyl (C=O) groups excluding carboxylic acids is 1. The van der Waals surface area contributed by atoms with Crippen molar-refractivity contribution in [2.45, 2.75) is 59.5 Å². The zero-order valence-electron chi connectivity index (χ0n) is 18.1. The summed E-state index contributed by atoms with van der Waals surface area (Å²) in [6.45, 7) is 13.0. The summed E-state index contributed by atoms with van der Waals surface area (Å²) < 4.78 is 5.90. The van der Waals surface area contributed by atoms with Crippen LogP contribution in [0.5, 0.6) is 0 Å². The van der Waals surface area contributed by atoms with Crippen LogP contribution in [0.3, 0.4) is 0 Å². The molecule has 5 heteroatoms. The molecule has 2 atom stereocenters. The fourth-order valence-corrected chi connectivity index (χ4v) is 4.71. The Hall–Kier alpha value is -2.14. The molecule has 0 aliphatic carbocycles. The van der Waals surface area contributed by atoms with E-state index in [0.29, 0.717) is 17.8 Å². The van der Waals surface area contributed by atoms with Crippen LogP contribution >= 0.6 is 0 Å². The Morgan fingerprint density at radius 2 is 1.86 bits per heavy atom. The van der Waals surface area contributed by atoms with Crippen LogP contribution in [0.4, 0.5) is 0 Å². The number of oxazole rings is 1. The van der Waals surface area contributed by atoms with Crippen LogP contribution in [0.2, 0.25) is 0 Å². The summed E-state index contributed by atoms with van der Waals surface area (Å²) >= 11 is 0. The highest BCUT2D eigenvalue weighted by Gasteiger charge is 2.31. The summed E-state index contributed by atoms with van der Waals surface area (Å²) in [5, 5.41) is 0. The average Bonchev–Trinajstić information content (AvgIpc) is 3.10. The molecule has 0 saturated carbocycles. The summed E-state index contributed by atoms with van der Waals surface area (Å²) in [4.78, 5) is 21.8. The van der Waals surface area contributed by atoms with Gasteiger partial charge in [0.1, 0.15) is 5.76 Å². The van der Waals surface area contributed by atoms with Crippen LogP contribution < -0.4 is 0 Å². The number of amides is 1. The van der Waals surface area contributed by atoms with Crippen molar-refractivity contribution in [2.24, 2.45) is 11.8 Å². The fraction of sp³-hybridized carbons (Fsp3) is 0.583. The summed E-state index contributed by atoms with van der Waals surface area (Å²) in [6, 6.07) is 8.90. The van der Waals surface area contributed by atoms with Gasteiger partial charge in [-0.15, -0.1) is 0 Å². The Morgan fingerprint density at radius 1 is 1.17 bits per heavy atom. The molecular formula is C24H33N3O2. The molecule has 156 valence electrons. The van der Waals surface area contributed by atoms with Gasteiger partial charge >= 0.3 is 5.91 Å². The first-order valence-corrected chi connectivity index (χ1v) is 11.0. The van der Waals surface area contributed by atoms with Gasteiger partial charge in [0.05, 0.1) is 5.69 Å². The molecule has 0 bridgehead atoms. The molecule has 0 unspecified atom stereocenters. The summed E-state index contributed by atoms with van der Waals surface area (Å²) in [7, 11) is 0. The number of likely N-dealkylation sites (tertiary alicyclic amines) is 1. The van der Waals surface area contributed by atoms with Crippen LogP contribution in [-0.2, 0) is 19.5 Å². The molecule has 1 saturated heterocycles. The molecule has 1 aromatic carbocycles. The minimum atomic E-state index is -0.0476. The van der Waals surface area contributed by atoms with E-state index in [2.05, 4.69) is 61.8 Å². The van der Waals surface area contributed by atoms with Gasteiger partial charge in [-0.2, -0.15) is 0 Å². The van der Waals surface area contributed by atoms with Crippen molar-refractivity contribution in [3.63, 3.8) is 0 Å². The van der Waals surface area contributed by atoms with E-state index in [1.807, 2.05) is 4.90 Å². The second-order valence-corrected chi connectivity index (χ2v) is 9.40. The maximum atomic E-state index is 12.9. The molecule has 1 fully saturated rings. The molecule has 4 rings (SSSR count). The number of nitrogens with zero attached hydrogens (tertiary/aromatic N) is 3. The zero-order valence-corrected chi connectivity index (χ0v) is 18.1. The Labute approximate surface area is 174 Å². The van der Waals surface area contributed by atoms with Crippen molar-refractivity contribution in [1.29, 1.82) is 0 Å². The van der Waals surface area contributed by atoms with Crippen LogP contribution in [-0.4, -0.2) is 40.3 Å². The van der Waals surface area contributed by atoms with Gasteiger partial charge in [0.15, 0.2) is 0 Å². The Balaban J connectivity index is 1.41. The molecule has 0 N–H and O–H groups in total. The number of aromatic nitrogens is 1. The molecular weight excluding hydrogens is 362 g/mol. The Bertz CT molecular complexity index is 846. The monoisotopic (exact) mass is 395 g/mol. The van der Waals surface area contributed by atoms with E-state index in [1.54, 1.807) is 0 Å². The number of rotatable bonds is 4. The number of hydrogen-bond acceptors (Lipinski definition) is 4. The Morgan fingerprint density at radius 3 is 2.52 bits per heavy atom. The van der Waals surface area contributed by atoms with Crippen LogP contribution in [0, 0.1) is 11.8 Å². The predicted octanol–water partition coefficient (Wildman–Crippen LogP) is 4.47. The van der Waals surface area contributed by atoms with E-state index in [1.165, 1.54) is 17.5 Å². The highest BCUT2D eigenvalue weighted by molar-refractivity contribution is 5.89. The number of benzene rings is 1. The number of hydrogen-bond donors (Lipinski definition) is 0. The molecule has 1 amide bonds. The SMILES string of the molecule is CC(C)c1ccc(CN2CCc3oc(C(=O)N4C[C@H](C)C[C@@H](C)C4)nc3C2)cc1. The lowest BCUT2D eigenvalue weighted by molar-refractivity contribution is 0.0581. The molecule has 0 spiro atoms. The highest BCUT2D eigenvalue weighted by Crippen LogP contribution is 2.25. The van der Waals surface area contributed by atoms with E-state index in [4.69, 9.17) is 4.42 Å². The van der Waals surface area contributed by atoms with Gasteiger partial charge < -0.3 is 9.32 Å². The summed E-state index contributed by atoms with van der Waals surface area (Å²) in [6.07, 6.45) is 1.99. The normalized spacial score (nSPS) is 22.7. The lowest BCUT2D eigenvalue weighted by Gasteiger charge is -2.34. The average molecular weight is 396 g/mol. The van der Waals surface area contributed by atoms with E-state index in [9.17, 15) is 4.79 Å². The van der Waals surface area contributed by atoms with Crippen molar-refractivity contribution in [3.8, 4) is 0 Å². The number of fused-ring (bicyclic) bond motifs is 1. The molecule has 0 radical (unpaired) electrons. The molecule has 3 heterocycles. The lowest BCUT2D eigenvalue weighted by Crippen LogP contribution is -2.42. The number of carbonyl (C=O) groups is 1. The van der Waals surface area contributed by atoms with Crippen molar-refractivity contribution in [3.05, 3.63) is 52.7 Å². The molecule has 5 nitrogen and oxygen atoms in total. The topological polar surface area (TPSA) is 49.6 Å². The number of piperidine rings is 1. The third-order valence-corrected chi connectivity index (χ3v) is 6.20. The van der Waals surface area contributed by atoms with Gasteiger partial charge in [0, 0.05) is 39.1 Å². The lowest BCUT2D eigenvalue weighted by atomic mass is 9.92. The van der Waals surface area contributed by atoms with Crippen molar-refractivity contribution >= 4 is 5.91 Å². The van der Waals surface area contributed by atoms with Gasteiger partial charge in [0.25, 0.3) is 5.89 Å². The van der Waals surface area contributed by atoms with Gasteiger partial charge in [-0.3, -0.25) is 9.69 Å². The highest BCUT2D eigenvalue weighted by atomic mass is 16.4. The standard InChI is InChI=1S/C24H33N3O2/c1-16(2)20-7-5-19(6-8-20)14-26-10-9-22-21(15-26)25-23(29-22)24(28)27-12-17(3)11-18(4)13-27/h5-8,16-18H,9-15H2,1-4H3/t17-,18-/m1/s1. The molecule has 1 aromatic heterocycles. The third-order valence-electron chi connectivity index (χ3n) is 6.20. The maximum Gasteiger partial charge on any atom is 0.309 e. The van der Waals surface area contributed by atoms with Crippen molar-refractivity contribution < 1.29 is 9.21 Å². The first-order valence-electron chi connectivity index (χ1n) is 11.0. The predicted molar refractivity (Wildman–Crippen MR) is 114 cm³/mol. The second-order valence-electron chi connectivity index (χ2n) is 9.40. The van der Waals surface area contributed by atoms with Gasteiger partial charge in [-0.1, -0.05) is 52.0 Å². The smallest absolute Gasteiger partial charge is 0.309 e. The molecule has 2 aromatic rings. The van der Waals surface area contributed by atoms with Crippen molar-refractivity contribution in [2.75, 3.05) is 19.6 Å².